The average Bonchev–Trinajstić information content (AvgIpc) is 3.17. The van der Waals surface area contributed by atoms with Gasteiger partial charge >= 0.3 is 0 Å². The Morgan fingerprint density at radius 2 is 1.54 bits per heavy atom. The standard InChI is InChI=1S/C20H30N4O3S/c25-20(24-13-8-18-6-2-3-7-19(18)24)9-12-21-14-16-23(17-15-21)28(26,27)22-10-4-1-5-11-22/h2-3,6-7H,1,4-5,8-17H2. The van der Waals surface area contributed by atoms with Gasteiger partial charge in [0, 0.05) is 64.5 Å². The average molecular weight is 407 g/mol. The van der Waals surface area contributed by atoms with Crippen LogP contribution in [0.25, 0.3) is 0 Å². The predicted molar refractivity (Wildman–Crippen MR) is 109 cm³/mol. The molecule has 0 radical (unpaired) electrons. The smallest absolute Gasteiger partial charge is 0.282 e. The molecule has 1 aromatic rings. The van der Waals surface area contributed by atoms with Crippen molar-refractivity contribution in [3.05, 3.63) is 29.8 Å². The lowest BCUT2D eigenvalue weighted by Crippen LogP contribution is -2.54. The number of anilines is 1. The Morgan fingerprint density at radius 3 is 2.29 bits per heavy atom. The number of fused-ring (bicyclic) bond motifs is 1. The summed E-state index contributed by atoms with van der Waals surface area (Å²) in [6.07, 6.45) is 4.44. The van der Waals surface area contributed by atoms with E-state index in [4.69, 9.17) is 0 Å². The van der Waals surface area contributed by atoms with Gasteiger partial charge in [-0.15, -0.1) is 0 Å². The summed E-state index contributed by atoms with van der Waals surface area (Å²) in [4.78, 5) is 16.8. The summed E-state index contributed by atoms with van der Waals surface area (Å²) in [7, 11) is -3.32. The minimum Gasteiger partial charge on any atom is -0.312 e. The molecule has 28 heavy (non-hydrogen) atoms. The molecular formula is C20H30N4O3S. The normalized spacial score (nSPS) is 22.4. The molecule has 0 N–H and O–H groups in total. The van der Waals surface area contributed by atoms with Gasteiger partial charge in [-0.3, -0.25) is 4.79 Å². The molecule has 8 heteroatoms. The zero-order valence-corrected chi connectivity index (χ0v) is 17.2. The number of carbonyl (C=O) groups excluding carboxylic acids is 1. The number of hydrogen-bond donors (Lipinski definition) is 0. The Labute approximate surface area is 168 Å². The second kappa shape index (κ2) is 8.49. The van der Waals surface area contributed by atoms with Gasteiger partial charge in [0.1, 0.15) is 0 Å². The van der Waals surface area contributed by atoms with Crippen molar-refractivity contribution in [1.29, 1.82) is 0 Å². The van der Waals surface area contributed by atoms with Gasteiger partial charge in [-0.1, -0.05) is 24.6 Å². The molecule has 0 saturated carbocycles. The fourth-order valence-corrected chi connectivity index (χ4v) is 6.10. The molecule has 0 atom stereocenters. The Balaban J connectivity index is 1.25. The molecule has 3 aliphatic heterocycles. The zero-order valence-electron chi connectivity index (χ0n) is 16.4. The van der Waals surface area contributed by atoms with E-state index in [9.17, 15) is 13.2 Å². The van der Waals surface area contributed by atoms with Gasteiger partial charge in [0.25, 0.3) is 10.2 Å². The van der Waals surface area contributed by atoms with Gasteiger partial charge < -0.3 is 9.80 Å². The van der Waals surface area contributed by atoms with Crippen molar-refractivity contribution in [2.75, 3.05) is 57.3 Å². The van der Waals surface area contributed by atoms with E-state index in [2.05, 4.69) is 11.0 Å². The van der Waals surface area contributed by atoms with Gasteiger partial charge in [0.05, 0.1) is 0 Å². The lowest BCUT2D eigenvalue weighted by atomic mass is 10.2. The van der Waals surface area contributed by atoms with Crippen LogP contribution in [0.5, 0.6) is 0 Å². The first-order chi connectivity index (χ1) is 13.6. The van der Waals surface area contributed by atoms with Crippen LogP contribution in [-0.2, 0) is 21.4 Å². The van der Waals surface area contributed by atoms with Crippen LogP contribution in [0.1, 0.15) is 31.2 Å². The summed E-state index contributed by atoms with van der Waals surface area (Å²) in [5, 5.41) is 0. The van der Waals surface area contributed by atoms with E-state index in [1.165, 1.54) is 5.56 Å². The second-order valence-corrected chi connectivity index (χ2v) is 9.81. The Hall–Kier alpha value is -1.48. The summed E-state index contributed by atoms with van der Waals surface area (Å²) in [6.45, 7) is 5.16. The van der Waals surface area contributed by atoms with Gasteiger partial charge in [-0.25, -0.2) is 0 Å². The van der Waals surface area contributed by atoms with Crippen LogP contribution >= 0.6 is 0 Å². The lowest BCUT2D eigenvalue weighted by Gasteiger charge is -2.37. The fourth-order valence-electron chi connectivity index (χ4n) is 4.43. The number of nitrogens with zero attached hydrogens (tertiary/aromatic N) is 4. The highest BCUT2D eigenvalue weighted by Gasteiger charge is 2.33. The molecule has 1 aromatic carbocycles. The van der Waals surface area contributed by atoms with E-state index in [1.54, 1.807) is 8.61 Å². The number of amides is 1. The molecule has 154 valence electrons. The van der Waals surface area contributed by atoms with Crippen LogP contribution < -0.4 is 4.90 Å². The summed E-state index contributed by atoms with van der Waals surface area (Å²) in [6, 6.07) is 8.10. The SMILES string of the molecule is O=C(CCN1CCN(S(=O)(=O)N2CCCCC2)CC1)N1CCc2ccccc21. The fraction of sp³-hybridized carbons (Fsp3) is 0.650. The molecule has 0 spiro atoms. The summed E-state index contributed by atoms with van der Waals surface area (Å²) >= 11 is 0. The monoisotopic (exact) mass is 406 g/mol. The number of piperazine rings is 1. The van der Waals surface area contributed by atoms with E-state index in [-0.39, 0.29) is 5.91 Å². The number of piperidine rings is 1. The highest BCUT2D eigenvalue weighted by Crippen LogP contribution is 2.28. The van der Waals surface area contributed by atoms with Crippen LogP contribution in [-0.4, -0.2) is 80.2 Å². The van der Waals surface area contributed by atoms with Crippen molar-refractivity contribution in [3.63, 3.8) is 0 Å². The van der Waals surface area contributed by atoms with E-state index >= 15 is 0 Å². The van der Waals surface area contributed by atoms with Crippen molar-refractivity contribution in [2.24, 2.45) is 0 Å². The van der Waals surface area contributed by atoms with Gasteiger partial charge in [-0.2, -0.15) is 17.0 Å². The first kappa shape index (κ1) is 19.8. The second-order valence-electron chi connectivity index (χ2n) is 7.88. The highest BCUT2D eigenvalue weighted by molar-refractivity contribution is 7.86. The maximum Gasteiger partial charge on any atom is 0.282 e. The van der Waals surface area contributed by atoms with E-state index in [0.29, 0.717) is 52.2 Å². The van der Waals surface area contributed by atoms with Gasteiger partial charge in [0.2, 0.25) is 5.91 Å². The lowest BCUT2D eigenvalue weighted by molar-refractivity contribution is -0.118. The molecular weight excluding hydrogens is 376 g/mol. The summed E-state index contributed by atoms with van der Waals surface area (Å²) < 4.78 is 28.8. The predicted octanol–water partition coefficient (Wildman–Crippen LogP) is 1.31. The van der Waals surface area contributed by atoms with Crippen LogP contribution in [0, 0.1) is 0 Å². The summed E-state index contributed by atoms with van der Waals surface area (Å²) in [5.74, 6) is 0.160. The number of para-hydroxylation sites is 1. The van der Waals surface area contributed by atoms with Crippen molar-refractivity contribution in [1.82, 2.24) is 13.5 Å². The van der Waals surface area contributed by atoms with E-state index < -0.39 is 10.2 Å². The Morgan fingerprint density at radius 1 is 0.857 bits per heavy atom. The number of carbonyl (C=O) groups is 1. The molecule has 3 aliphatic rings. The highest BCUT2D eigenvalue weighted by atomic mass is 32.2. The molecule has 3 heterocycles. The number of hydrogen-bond acceptors (Lipinski definition) is 4. The molecule has 0 bridgehead atoms. The van der Waals surface area contributed by atoms with Crippen molar-refractivity contribution in [2.45, 2.75) is 32.1 Å². The molecule has 2 saturated heterocycles. The van der Waals surface area contributed by atoms with Crippen molar-refractivity contribution >= 4 is 21.8 Å². The minimum absolute atomic E-state index is 0.160. The largest absolute Gasteiger partial charge is 0.312 e. The number of rotatable bonds is 5. The van der Waals surface area contributed by atoms with Crippen molar-refractivity contribution in [3.8, 4) is 0 Å². The van der Waals surface area contributed by atoms with E-state index in [0.717, 1.165) is 37.9 Å². The van der Waals surface area contributed by atoms with Crippen LogP contribution in [0.3, 0.4) is 0 Å². The third-order valence-corrected chi connectivity index (χ3v) is 8.16. The Bertz CT molecular complexity index is 799. The third kappa shape index (κ3) is 4.10. The topological polar surface area (TPSA) is 64.2 Å². The van der Waals surface area contributed by atoms with Gasteiger partial charge in [0.15, 0.2) is 0 Å². The third-order valence-electron chi connectivity index (χ3n) is 6.13. The van der Waals surface area contributed by atoms with Crippen LogP contribution in [0.4, 0.5) is 5.69 Å². The van der Waals surface area contributed by atoms with Crippen LogP contribution in [0.2, 0.25) is 0 Å². The first-order valence-electron chi connectivity index (χ1n) is 10.4. The Kier molecular flexibility index (Phi) is 6.01. The minimum atomic E-state index is -3.32. The maximum atomic E-state index is 12.8. The molecule has 7 nitrogen and oxygen atoms in total. The maximum absolute atomic E-state index is 12.8. The quantitative estimate of drug-likeness (QED) is 0.740. The van der Waals surface area contributed by atoms with Crippen LogP contribution in [0.15, 0.2) is 24.3 Å². The molecule has 0 unspecified atom stereocenters. The van der Waals surface area contributed by atoms with E-state index in [1.807, 2.05) is 23.1 Å². The molecule has 4 rings (SSSR count). The van der Waals surface area contributed by atoms with Crippen molar-refractivity contribution < 1.29 is 13.2 Å². The zero-order chi connectivity index (χ0) is 19.6. The van der Waals surface area contributed by atoms with Gasteiger partial charge in [-0.05, 0) is 30.9 Å². The summed E-state index contributed by atoms with van der Waals surface area (Å²) in [5.41, 5.74) is 2.29. The first-order valence-corrected chi connectivity index (χ1v) is 11.8. The number of benzene rings is 1. The molecule has 1 amide bonds. The molecule has 0 aliphatic carbocycles. The molecule has 2 fully saturated rings. The molecule has 0 aromatic heterocycles.